The number of carbonyl (C=O) groups is 2. The number of rotatable bonds is 24. The molecule has 2 aromatic rings. The minimum absolute atomic E-state index is 0.108. The highest BCUT2D eigenvalue weighted by molar-refractivity contribution is 7.91. The topological polar surface area (TPSA) is 160 Å². The van der Waals surface area contributed by atoms with Gasteiger partial charge in [-0.25, -0.2) is 18.0 Å². The molecule has 0 aliphatic rings. The van der Waals surface area contributed by atoms with Crippen molar-refractivity contribution in [2.24, 2.45) is 10.2 Å². The van der Waals surface area contributed by atoms with E-state index in [-0.39, 0.29) is 30.5 Å². The van der Waals surface area contributed by atoms with Crippen molar-refractivity contribution >= 4 is 39.1 Å². The standard InChI is InChI=1S/C33H52N6O7S/c1-4-7-18-34-27-44-25-26-47(42,43)31-16-12-29(13-17-31)38-37-28-10-14-30(15-11-28)39(21-23-45-32(40)35-19-8-5-2)22-24-46-33(41)36-20-9-6-3/h10-17,34H,4-9,18-27H2,1-3H3,(H,35,40)(H,36,41)/b38-37+. The number of ether oxygens (including phenoxy) is 3. The van der Waals surface area contributed by atoms with Gasteiger partial charge in [0.1, 0.15) is 13.2 Å². The van der Waals surface area contributed by atoms with E-state index in [0.717, 1.165) is 50.8 Å². The molecule has 0 saturated carbocycles. The smallest absolute Gasteiger partial charge is 0.407 e. The summed E-state index contributed by atoms with van der Waals surface area (Å²) in [6.07, 6.45) is 4.90. The monoisotopic (exact) mass is 676 g/mol. The van der Waals surface area contributed by atoms with E-state index in [1.807, 2.05) is 30.9 Å². The second-order valence-electron chi connectivity index (χ2n) is 10.8. The molecule has 2 amide bonds. The van der Waals surface area contributed by atoms with Crippen molar-refractivity contribution in [1.82, 2.24) is 16.0 Å². The SMILES string of the molecule is CCCCNCOCCS(=O)(=O)c1ccc(/N=N/c2ccc(N(CCOC(=O)NCCCC)CCOC(=O)NCCCC)cc2)cc1. The molecule has 0 fully saturated rings. The molecule has 0 atom stereocenters. The summed E-state index contributed by atoms with van der Waals surface area (Å²) >= 11 is 0. The molecule has 0 aliphatic carbocycles. The number of unbranched alkanes of at least 4 members (excludes halogenated alkanes) is 3. The molecular weight excluding hydrogens is 624 g/mol. The lowest BCUT2D eigenvalue weighted by Gasteiger charge is -2.24. The summed E-state index contributed by atoms with van der Waals surface area (Å²) in [4.78, 5) is 26.1. The molecule has 14 heteroatoms. The van der Waals surface area contributed by atoms with E-state index in [0.29, 0.717) is 44.3 Å². The molecule has 0 radical (unpaired) electrons. The summed E-state index contributed by atoms with van der Waals surface area (Å²) in [6, 6.07) is 13.5. The Balaban J connectivity index is 1.94. The molecule has 262 valence electrons. The van der Waals surface area contributed by atoms with E-state index in [2.05, 4.69) is 33.1 Å². The van der Waals surface area contributed by atoms with Crippen LogP contribution in [0, 0.1) is 0 Å². The van der Waals surface area contributed by atoms with Gasteiger partial charge in [0.25, 0.3) is 0 Å². The molecule has 2 rings (SSSR count). The Labute approximate surface area is 279 Å². The van der Waals surface area contributed by atoms with Crippen LogP contribution in [0.25, 0.3) is 0 Å². The first-order chi connectivity index (χ1) is 22.8. The predicted molar refractivity (Wildman–Crippen MR) is 184 cm³/mol. The van der Waals surface area contributed by atoms with Gasteiger partial charge in [-0.2, -0.15) is 10.2 Å². The van der Waals surface area contributed by atoms with Gasteiger partial charge in [0.15, 0.2) is 9.84 Å². The van der Waals surface area contributed by atoms with Gasteiger partial charge < -0.3 is 29.7 Å². The molecular formula is C33H52N6O7S. The Kier molecular flexibility index (Phi) is 19.8. The van der Waals surface area contributed by atoms with Crippen LogP contribution in [-0.2, 0) is 24.0 Å². The summed E-state index contributed by atoms with van der Waals surface area (Å²) in [7, 11) is -3.48. The summed E-state index contributed by atoms with van der Waals surface area (Å²) in [6.45, 7) is 9.67. The van der Waals surface area contributed by atoms with Crippen LogP contribution in [0.3, 0.4) is 0 Å². The van der Waals surface area contributed by atoms with Crippen LogP contribution in [0.15, 0.2) is 63.7 Å². The van der Waals surface area contributed by atoms with E-state index < -0.39 is 22.0 Å². The van der Waals surface area contributed by atoms with E-state index in [1.54, 1.807) is 24.3 Å². The Morgan fingerprint density at radius 2 is 1.19 bits per heavy atom. The average molecular weight is 677 g/mol. The van der Waals surface area contributed by atoms with Crippen molar-refractivity contribution in [2.45, 2.75) is 64.2 Å². The van der Waals surface area contributed by atoms with Gasteiger partial charge in [-0.3, -0.25) is 5.32 Å². The highest BCUT2D eigenvalue weighted by Gasteiger charge is 2.14. The maximum absolute atomic E-state index is 12.6. The van der Waals surface area contributed by atoms with Crippen LogP contribution < -0.4 is 20.9 Å². The van der Waals surface area contributed by atoms with Crippen LogP contribution in [0.5, 0.6) is 0 Å². The third kappa shape index (κ3) is 17.1. The first-order valence-electron chi connectivity index (χ1n) is 16.5. The van der Waals surface area contributed by atoms with Gasteiger partial charge in [0.05, 0.1) is 48.5 Å². The molecule has 13 nitrogen and oxygen atoms in total. The number of hydrogen-bond acceptors (Lipinski definition) is 11. The highest BCUT2D eigenvalue weighted by Crippen LogP contribution is 2.23. The highest BCUT2D eigenvalue weighted by atomic mass is 32.2. The van der Waals surface area contributed by atoms with E-state index in [9.17, 15) is 18.0 Å². The van der Waals surface area contributed by atoms with E-state index >= 15 is 0 Å². The van der Waals surface area contributed by atoms with Crippen LogP contribution >= 0.6 is 0 Å². The summed E-state index contributed by atoms with van der Waals surface area (Å²) in [5.74, 6) is -0.108. The molecule has 0 aliphatic heterocycles. The van der Waals surface area contributed by atoms with Gasteiger partial charge in [-0.1, -0.05) is 40.0 Å². The van der Waals surface area contributed by atoms with Crippen LogP contribution in [-0.4, -0.2) is 85.6 Å². The van der Waals surface area contributed by atoms with Crippen LogP contribution in [0.1, 0.15) is 59.3 Å². The third-order valence-electron chi connectivity index (χ3n) is 6.89. The zero-order valence-electron chi connectivity index (χ0n) is 28.0. The predicted octanol–water partition coefficient (Wildman–Crippen LogP) is 6.10. The number of azo groups is 1. The molecule has 2 aromatic carbocycles. The van der Waals surface area contributed by atoms with E-state index in [4.69, 9.17) is 14.2 Å². The van der Waals surface area contributed by atoms with Crippen molar-refractivity contribution in [3.8, 4) is 0 Å². The zero-order chi connectivity index (χ0) is 34.2. The fraction of sp³-hybridized carbons (Fsp3) is 0.576. The molecule has 47 heavy (non-hydrogen) atoms. The Morgan fingerprint density at radius 1 is 0.702 bits per heavy atom. The Bertz CT molecular complexity index is 1260. The summed E-state index contributed by atoms with van der Waals surface area (Å²) in [5.41, 5.74) is 1.92. The Morgan fingerprint density at radius 3 is 1.70 bits per heavy atom. The molecule has 0 bridgehead atoms. The molecule has 0 spiro atoms. The number of nitrogens with zero attached hydrogens (tertiary/aromatic N) is 3. The first-order valence-corrected chi connectivity index (χ1v) is 18.1. The molecule has 0 aromatic heterocycles. The second kappa shape index (κ2) is 23.6. The zero-order valence-corrected chi connectivity index (χ0v) is 28.9. The minimum atomic E-state index is -3.48. The number of carbonyl (C=O) groups excluding carboxylic acids is 2. The second-order valence-corrected chi connectivity index (χ2v) is 12.9. The molecule has 0 heterocycles. The van der Waals surface area contributed by atoms with Crippen molar-refractivity contribution in [1.29, 1.82) is 0 Å². The number of hydrogen-bond donors (Lipinski definition) is 3. The van der Waals surface area contributed by atoms with Gasteiger partial charge >= 0.3 is 12.2 Å². The lowest BCUT2D eigenvalue weighted by molar-refractivity contribution is 0.130. The van der Waals surface area contributed by atoms with E-state index in [1.165, 1.54) is 12.1 Å². The van der Waals surface area contributed by atoms with Gasteiger partial charge in [0.2, 0.25) is 0 Å². The maximum atomic E-state index is 12.6. The number of alkyl carbamates (subject to hydrolysis) is 2. The van der Waals surface area contributed by atoms with Crippen molar-refractivity contribution in [3.63, 3.8) is 0 Å². The number of sulfone groups is 1. The summed E-state index contributed by atoms with van der Waals surface area (Å²) in [5, 5.41) is 17.1. The van der Waals surface area contributed by atoms with Gasteiger partial charge in [-0.05, 0) is 74.3 Å². The quantitative estimate of drug-likeness (QED) is 0.0678. The largest absolute Gasteiger partial charge is 0.448 e. The minimum Gasteiger partial charge on any atom is -0.448 e. The first kappa shape index (κ1) is 39.4. The number of amides is 2. The lowest BCUT2D eigenvalue weighted by atomic mass is 10.2. The molecule has 0 saturated heterocycles. The van der Waals surface area contributed by atoms with Crippen molar-refractivity contribution in [2.75, 3.05) is 69.9 Å². The lowest BCUT2D eigenvalue weighted by Crippen LogP contribution is -2.35. The fourth-order valence-corrected chi connectivity index (χ4v) is 5.20. The maximum Gasteiger partial charge on any atom is 0.407 e. The third-order valence-corrected chi connectivity index (χ3v) is 8.58. The number of nitrogens with one attached hydrogen (secondary N) is 3. The fourth-order valence-electron chi connectivity index (χ4n) is 4.07. The van der Waals surface area contributed by atoms with Crippen molar-refractivity contribution in [3.05, 3.63) is 48.5 Å². The normalized spacial score (nSPS) is 11.4. The number of anilines is 1. The van der Waals surface area contributed by atoms with Gasteiger partial charge in [0, 0.05) is 18.8 Å². The number of benzene rings is 2. The van der Waals surface area contributed by atoms with Crippen LogP contribution in [0.2, 0.25) is 0 Å². The van der Waals surface area contributed by atoms with Gasteiger partial charge in [-0.15, -0.1) is 0 Å². The molecule has 0 unspecified atom stereocenters. The average Bonchev–Trinajstić information content (AvgIpc) is 3.07. The molecule has 3 N–H and O–H groups in total. The van der Waals surface area contributed by atoms with Crippen molar-refractivity contribution < 1.29 is 32.2 Å². The summed E-state index contributed by atoms with van der Waals surface area (Å²) < 4.78 is 41.3. The Hall–Kier alpha value is -3.75. The van der Waals surface area contributed by atoms with Crippen LogP contribution in [0.4, 0.5) is 26.7 Å².